The van der Waals surface area contributed by atoms with Crippen LogP contribution in [0.5, 0.6) is 5.75 Å². The molecule has 0 unspecified atom stereocenters. The third-order valence-electron chi connectivity index (χ3n) is 3.54. The van der Waals surface area contributed by atoms with E-state index in [4.69, 9.17) is 4.74 Å². The maximum Gasteiger partial charge on any atom is 0.260 e. The fraction of sp³-hybridized carbons (Fsp3) is 0.412. The average Bonchev–Trinajstić information content (AvgIpc) is 2.97. The molecule has 1 N–H and O–H groups in total. The molecule has 1 aromatic carbocycles. The van der Waals surface area contributed by atoms with Gasteiger partial charge in [-0.3, -0.25) is 4.79 Å². The minimum atomic E-state index is -0.509. The van der Waals surface area contributed by atoms with Crippen molar-refractivity contribution in [3.63, 3.8) is 0 Å². The number of hydrogen-bond donors (Lipinski definition) is 1. The highest BCUT2D eigenvalue weighted by Crippen LogP contribution is 2.19. The van der Waals surface area contributed by atoms with Gasteiger partial charge < -0.3 is 14.6 Å². The van der Waals surface area contributed by atoms with Crippen LogP contribution < -0.4 is 10.1 Å². The third kappa shape index (κ3) is 5.32. The first kappa shape index (κ1) is 17.4. The maximum atomic E-state index is 12.0. The van der Waals surface area contributed by atoms with Gasteiger partial charge in [-0.2, -0.15) is 0 Å². The lowest BCUT2D eigenvalue weighted by atomic mass is 10.3. The van der Waals surface area contributed by atoms with E-state index >= 15 is 0 Å². The Balaban J connectivity index is 1.70. The van der Waals surface area contributed by atoms with Gasteiger partial charge in [0.2, 0.25) is 0 Å². The van der Waals surface area contributed by atoms with Crippen LogP contribution in [0.4, 0.5) is 0 Å². The largest absolute Gasteiger partial charge is 0.481 e. The number of nitrogens with one attached hydrogen (secondary N) is 1. The molecule has 1 atom stereocenters. The molecular weight excluding hydrogens is 310 g/mol. The highest BCUT2D eigenvalue weighted by Gasteiger charge is 2.13. The first-order chi connectivity index (χ1) is 11.1. The molecule has 1 amide bonds. The summed E-state index contributed by atoms with van der Waals surface area (Å²) in [6, 6.07) is 7.74. The number of aromatic nitrogens is 2. The van der Waals surface area contributed by atoms with Crippen LogP contribution in [0.2, 0.25) is 0 Å². The number of imidazole rings is 1. The van der Waals surface area contributed by atoms with Crippen LogP contribution >= 0.6 is 11.8 Å². The molecule has 2 aromatic rings. The molecule has 0 fully saturated rings. The molecule has 0 aliphatic carbocycles. The van der Waals surface area contributed by atoms with Crippen molar-refractivity contribution in [3.05, 3.63) is 42.5 Å². The SMILES string of the molecule is CSc1ccc(O[C@@H](C)C(=O)NCCCn2ccnc2C)cc1. The van der Waals surface area contributed by atoms with E-state index in [9.17, 15) is 4.79 Å². The monoisotopic (exact) mass is 333 g/mol. The van der Waals surface area contributed by atoms with Gasteiger partial charge in [0.1, 0.15) is 11.6 Å². The number of ether oxygens (including phenoxy) is 1. The van der Waals surface area contributed by atoms with E-state index in [1.807, 2.05) is 43.6 Å². The fourth-order valence-corrected chi connectivity index (χ4v) is 2.56. The number of rotatable bonds is 8. The molecule has 0 radical (unpaired) electrons. The van der Waals surface area contributed by atoms with Crippen molar-refractivity contribution < 1.29 is 9.53 Å². The second-order valence-electron chi connectivity index (χ2n) is 5.25. The van der Waals surface area contributed by atoms with Crippen molar-refractivity contribution in [2.75, 3.05) is 12.8 Å². The lowest BCUT2D eigenvalue weighted by Gasteiger charge is -2.15. The van der Waals surface area contributed by atoms with Crippen LogP contribution in [-0.4, -0.2) is 34.4 Å². The Kier molecular flexibility index (Phi) is 6.52. The predicted octanol–water partition coefficient (Wildman–Crippen LogP) is 2.89. The predicted molar refractivity (Wildman–Crippen MR) is 92.9 cm³/mol. The van der Waals surface area contributed by atoms with Gasteiger partial charge in [-0.1, -0.05) is 0 Å². The summed E-state index contributed by atoms with van der Waals surface area (Å²) in [5, 5.41) is 2.91. The van der Waals surface area contributed by atoms with Crippen molar-refractivity contribution in [1.82, 2.24) is 14.9 Å². The van der Waals surface area contributed by atoms with E-state index in [0.29, 0.717) is 12.3 Å². The van der Waals surface area contributed by atoms with Gasteiger partial charge in [-0.05, 0) is 50.8 Å². The van der Waals surface area contributed by atoms with Gasteiger partial charge in [0.05, 0.1) is 0 Å². The molecule has 1 aromatic heterocycles. The van der Waals surface area contributed by atoms with E-state index in [1.54, 1.807) is 24.9 Å². The van der Waals surface area contributed by atoms with Crippen LogP contribution in [0, 0.1) is 6.92 Å². The zero-order valence-corrected chi connectivity index (χ0v) is 14.6. The standard InChI is InChI=1S/C17H23N3O2S/c1-13(22-15-5-7-16(23-3)8-6-15)17(21)19-9-4-11-20-12-10-18-14(20)2/h5-8,10,12-13H,4,9,11H2,1-3H3,(H,19,21)/t13-/m0/s1. The van der Waals surface area contributed by atoms with Crippen LogP contribution in [0.3, 0.4) is 0 Å². The van der Waals surface area contributed by atoms with Crippen LogP contribution in [0.1, 0.15) is 19.2 Å². The molecule has 2 rings (SSSR count). The summed E-state index contributed by atoms with van der Waals surface area (Å²) < 4.78 is 7.73. The van der Waals surface area contributed by atoms with E-state index < -0.39 is 6.10 Å². The van der Waals surface area contributed by atoms with Gasteiger partial charge in [0.25, 0.3) is 5.91 Å². The smallest absolute Gasteiger partial charge is 0.260 e. The normalized spacial score (nSPS) is 12.0. The minimum Gasteiger partial charge on any atom is -0.481 e. The zero-order valence-electron chi connectivity index (χ0n) is 13.8. The first-order valence-electron chi connectivity index (χ1n) is 7.66. The molecular formula is C17H23N3O2S. The molecule has 0 saturated carbocycles. The lowest BCUT2D eigenvalue weighted by Crippen LogP contribution is -2.37. The number of hydrogen-bond acceptors (Lipinski definition) is 4. The number of aryl methyl sites for hydroxylation is 2. The van der Waals surface area contributed by atoms with Gasteiger partial charge in [-0.25, -0.2) is 4.98 Å². The van der Waals surface area contributed by atoms with Crippen molar-refractivity contribution in [1.29, 1.82) is 0 Å². The summed E-state index contributed by atoms with van der Waals surface area (Å²) in [6.45, 7) is 5.20. The number of carbonyl (C=O) groups is 1. The Morgan fingerprint density at radius 2 is 2.13 bits per heavy atom. The summed E-state index contributed by atoms with van der Waals surface area (Å²) >= 11 is 1.67. The van der Waals surface area contributed by atoms with Gasteiger partial charge >= 0.3 is 0 Å². The lowest BCUT2D eigenvalue weighted by molar-refractivity contribution is -0.127. The third-order valence-corrected chi connectivity index (χ3v) is 4.28. The van der Waals surface area contributed by atoms with Crippen molar-refractivity contribution in [3.8, 4) is 5.75 Å². The van der Waals surface area contributed by atoms with Crippen LogP contribution in [-0.2, 0) is 11.3 Å². The number of amides is 1. The molecule has 0 aliphatic rings. The Hall–Kier alpha value is -1.95. The molecule has 6 heteroatoms. The van der Waals surface area contributed by atoms with E-state index in [1.165, 1.54) is 4.90 Å². The molecule has 1 heterocycles. The van der Waals surface area contributed by atoms with Gasteiger partial charge in [0, 0.05) is 30.4 Å². The Morgan fingerprint density at radius 3 is 2.74 bits per heavy atom. The molecule has 0 bridgehead atoms. The van der Waals surface area contributed by atoms with E-state index in [0.717, 1.165) is 18.8 Å². The summed E-state index contributed by atoms with van der Waals surface area (Å²) in [7, 11) is 0. The molecule has 5 nitrogen and oxygen atoms in total. The zero-order chi connectivity index (χ0) is 16.7. The number of thioether (sulfide) groups is 1. The Bertz CT molecular complexity index is 625. The maximum absolute atomic E-state index is 12.0. The van der Waals surface area contributed by atoms with Crippen LogP contribution in [0.15, 0.2) is 41.6 Å². The average molecular weight is 333 g/mol. The highest BCUT2D eigenvalue weighted by molar-refractivity contribution is 7.98. The quantitative estimate of drug-likeness (QED) is 0.596. The Morgan fingerprint density at radius 1 is 1.39 bits per heavy atom. The summed E-state index contributed by atoms with van der Waals surface area (Å²) in [4.78, 5) is 17.4. The van der Waals surface area contributed by atoms with Crippen molar-refractivity contribution in [2.24, 2.45) is 0 Å². The Labute approximate surface area is 141 Å². The van der Waals surface area contributed by atoms with Crippen molar-refractivity contribution >= 4 is 17.7 Å². The molecule has 124 valence electrons. The van der Waals surface area contributed by atoms with Gasteiger partial charge in [0.15, 0.2) is 6.10 Å². The van der Waals surface area contributed by atoms with Crippen LogP contribution in [0.25, 0.3) is 0 Å². The topological polar surface area (TPSA) is 56.1 Å². The summed E-state index contributed by atoms with van der Waals surface area (Å²) in [5.41, 5.74) is 0. The number of carbonyl (C=O) groups excluding carboxylic acids is 1. The molecule has 0 aliphatic heterocycles. The molecule has 0 spiro atoms. The second kappa shape index (κ2) is 8.62. The van der Waals surface area contributed by atoms with E-state index in [-0.39, 0.29) is 5.91 Å². The highest BCUT2D eigenvalue weighted by atomic mass is 32.2. The number of benzene rings is 1. The first-order valence-corrected chi connectivity index (χ1v) is 8.89. The van der Waals surface area contributed by atoms with E-state index in [2.05, 4.69) is 14.9 Å². The second-order valence-corrected chi connectivity index (χ2v) is 6.13. The fourth-order valence-electron chi connectivity index (χ4n) is 2.16. The van der Waals surface area contributed by atoms with Crippen molar-refractivity contribution in [2.45, 2.75) is 37.8 Å². The summed E-state index contributed by atoms with van der Waals surface area (Å²) in [6.07, 6.45) is 6.10. The van der Waals surface area contributed by atoms with Gasteiger partial charge in [-0.15, -0.1) is 11.8 Å². The summed E-state index contributed by atoms with van der Waals surface area (Å²) in [5.74, 6) is 1.60. The minimum absolute atomic E-state index is 0.0960. The molecule has 23 heavy (non-hydrogen) atoms. The molecule has 0 saturated heterocycles. The number of nitrogens with zero attached hydrogens (tertiary/aromatic N) is 2.